The predicted octanol–water partition coefficient (Wildman–Crippen LogP) is 3.33. The maximum atomic E-state index is 12.3. The van der Waals surface area contributed by atoms with Crippen molar-refractivity contribution in [3.63, 3.8) is 0 Å². The molecule has 3 aromatic rings. The summed E-state index contributed by atoms with van der Waals surface area (Å²) in [5, 5.41) is 11.9. The lowest BCUT2D eigenvalue weighted by molar-refractivity contribution is -0.139. The number of aryl methyl sites for hydroxylation is 1. The van der Waals surface area contributed by atoms with E-state index in [9.17, 15) is 14.7 Å². The number of amides is 1. The number of carbonyl (C=O) groups excluding carboxylic acids is 1. The van der Waals surface area contributed by atoms with Crippen LogP contribution in [0.15, 0.2) is 61.1 Å². The number of aliphatic carboxylic acids is 1. The van der Waals surface area contributed by atoms with E-state index in [1.807, 2.05) is 36.4 Å². The summed E-state index contributed by atoms with van der Waals surface area (Å²) in [5.41, 5.74) is 5.30. The molecule has 7 heteroatoms. The topological polar surface area (TPSA) is 104 Å². The van der Waals surface area contributed by atoms with E-state index >= 15 is 0 Å². The molecule has 29 heavy (non-hydrogen) atoms. The Morgan fingerprint density at radius 1 is 1.10 bits per heavy atom. The van der Waals surface area contributed by atoms with Crippen molar-refractivity contribution in [3.8, 4) is 11.1 Å². The molecule has 1 aliphatic carbocycles. The number of aromatic nitrogens is 2. The molecular weight excluding hydrogens is 370 g/mol. The number of alkyl carbamates (subject to hydrolysis) is 1. The molecule has 4 rings (SSSR count). The van der Waals surface area contributed by atoms with Crippen LogP contribution in [0.4, 0.5) is 4.79 Å². The zero-order valence-corrected chi connectivity index (χ0v) is 15.7. The Bertz CT molecular complexity index is 971. The van der Waals surface area contributed by atoms with Gasteiger partial charge in [-0.1, -0.05) is 48.5 Å². The molecule has 0 fully saturated rings. The minimum atomic E-state index is -1.10. The molecule has 0 spiro atoms. The molecular formula is C22H21N3O4. The van der Waals surface area contributed by atoms with Crippen molar-refractivity contribution in [1.29, 1.82) is 0 Å². The van der Waals surface area contributed by atoms with E-state index < -0.39 is 18.1 Å². The summed E-state index contributed by atoms with van der Waals surface area (Å²) in [6, 6.07) is 15.1. The summed E-state index contributed by atoms with van der Waals surface area (Å²) in [4.78, 5) is 30.6. The van der Waals surface area contributed by atoms with Crippen LogP contribution in [0.3, 0.4) is 0 Å². The number of nitrogens with zero attached hydrogens (tertiary/aromatic N) is 1. The zero-order chi connectivity index (χ0) is 20.2. The fraction of sp³-hybridized carbons (Fsp3) is 0.227. The van der Waals surface area contributed by atoms with Crippen LogP contribution in [-0.4, -0.2) is 39.8 Å². The Hall–Kier alpha value is -3.61. The molecule has 1 heterocycles. The molecule has 0 unspecified atom stereocenters. The van der Waals surface area contributed by atoms with Gasteiger partial charge in [0.25, 0.3) is 0 Å². The van der Waals surface area contributed by atoms with Crippen LogP contribution in [0, 0.1) is 0 Å². The highest BCUT2D eigenvalue weighted by Crippen LogP contribution is 2.44. The molecule has 1 atom stereocenters. The van der Waals surface area contributed by atoms with E-state index in [-0.39, 0.29) is 18.9 Å². The van der Waals surface area contributed by atoms with Crippen LogP contribution in [0.25, 0.3) is 11.1 Å². The average molecular weight is 391 g/mol. The largest absolute Gasteiger partial charge is 0.480 e. The number of hydrogen-bond donors (Lipinski definition) is 3. The van der Waals surface area contributed by atoms with Crippen LogP contribution in [0.2, 0.25) is 0 Å². The minimum absolute atomic E-state index is 0.0681. The summed E-state index contributed by atoms with van der Waals surface area (Å²) in [6.07, 6.45) is 3.13. The van der Waals surface area contributed by atoms with Gasteiger partial charge in [-0.2, -0.15) is 0 Å². The lowest BCUT2D eigenvalue weighted by Crippen LogP contribution is -2.41. The van der Waals surface area contributed by atoms with Crippen LogP contribution in [0.5, 0.6) is 0 Å². The fourth-order valence-corrected chi connectivity index (χ4v) is 3.76. The van der Waals surface area contributed by atoms with Gasteiger partial charge < -0.3 is 20.1 Å². The summed E-state index contributed by atoms with van der Waals surface area (Å²) >= 11 is 0. The van der Waals surface area contributed by atoms with Crippen molar-refractivity contribution < 1.29 is 19.4 Å². The number of rotatable bonds is 7. The molecule has 0 bridgehead atoms. The number of benzene rings is 2. The van der Waals surface area contributed by atoms with Crippen molar-refractivity contribution in [2.24, 2.45) is 0 Å². The van der Waals surface area contributed by atoms with Gasteiger partial charge in [-0.15, -0.1) is 0 Å². The molecule has 1 aromatic heterocycles. The Morgan fingerprint density at radius 3 is 2.34 bits per heavy atom. The molecule has 0 radical (unpaired) electrons. The van der Waals surface area contributed by atoms with Gasteiger partial charge in [0.2, 0.25) is 0 Å². The molecule has 0 aliphatic heterocycles. The maximum Gasteiger partial charge on any atom is 0.407 e. The van der Waals surface area contributed by atoms with E-state index in [2.05, 4.69) is 27.4 Å². The quantitative estimate of drug-likeness (QED) is 0.573. The van der Waals surface area contributed by atoms with E-state index in [0.29, 0.717) is 6.42 Å². The highest BCUT2D eigenvalue weighted by molar-refractivity contribution is 5.81. The van der Waals surface area contributed by atoms with Crippen LogP contribution < -0.4 is 5.32 Å². The number of fused-ring (bicyclic) bond motifs is 3. The zero-order valence-electron chi connectivity index (χ0n) is 15.7. The van der Waals surface area contributed by atoms with Crippen molar-refractivity contribution in [2.75, 3.05) is 6.61 Å². The third-order valence-corrected chi connectivity index (χ3v) is 5.19. The first kappa shape index (κ1) is 18.7. The van der Waals surface area contributed by atoms with Gasteiger partial charge in [0.05, 0.1) is 6.33 Å². The molecule has 2 aromatic carbocycles. The minimum Gasteiger partial charge on any atom is -0.480 e. The number of H-pyrrole nitrogens is 1. The van der Waals surface area contributed by atoms with Crippen molar-refractivity contribution in [3.05, 3.63) is 77.9 Å². The van der Waals surface area contributed by atoms with Gasteiger partial charge >= 0.3 is 12.1 Å². The number of hydrogen-bond acceptors (Lipinski definition) is 4. The van der Waals surface area contributed by atoms with Crippen LogP contribution in [-0.2, 0) is 16.0 Å². The highest BCUT2D eigenvalue weighted by atomic mass is 16.5. The lowest BCUT2D eigenvalue weighted by Gasteiger charge is -2.17. The molecule has 148 valence electrons. The third kappa shape index (κ3) is 3.99. The normalized spacial score (nSPS) is 13.4. The first-order valence-electron chi connectivity index (χ1n) is 9.45. The predicted molar refractivity (Wildman–Crippen MR) is 107 cm³/mol. The second-order valence-corrected chi connectivity index (χ2v) is 6.98. The Balaban J connectivity index is 1.39. The number of imidazole rings is 1. The maximum absolute atomic E-state index is 12.3. The van der Waals surface area contributed by atoms with Gasteiger partial charge in [0.15, 0.2) is 0 Å². The van der Waals surface area contributed by atoms with Gasteiger partial charge in [0, 0.05) is 17.8 Å². The van der Waals surface area contributed by atoms with Gasteiger partial charge in [-0.25, -0.2) is 14.6 Å². The average Bonchev–Trinajstić information content (AvgIpc) is 3.35. The van der Waals surface area contributed by atoms with Crippen molar-refractivity contribution in [1.82, 2.24) is 15.3 Å². The number of nitrogens with one attached hydrogen (secondary N) is 2. The second-order valence-electron chi connectivity index (χ2n) is 6.98. The first-order valence-corrected chi connectivity index (χ1v) is 9.45. The van der Waals surface area contributed by atoms with Gasteiger partial charge in [-0.3, -0.25) is 0 Å². The molecule has 0 saturated heterocycles. The number of aromatic amines is 1. The first-order chi connectivity index (χ1) is 14.1. The third-order valence-electron chi connectivity index (χ3n) is 5.19. The van der Waals surface area contributed by atoms with Crippen LogP contribution in [0.1, 0.15) is 29.2 Å². The lowest BCUT2D eigenvalue weighted by atomic mass is 9.98. The Labute approximate surface area is 167 Å². The summed E-state index contributed by atoms with van der Waals surface area (Å²) in [6.45, 7) is 0.146. The number of carboxylic acids is 1. The number of carbonyl (C=O) groups is 2. The number of carboxylic acid groups (broad SMARTS) is 1. The Kier molecular flexibility index (Phi) is 5.29. The monoisotopic (exact) mass is 391 g/mol. The summed E-state index contributed by atoms with van der Waals surface area (Å²) < 4.78 is 5.42. The molecule has 0 saturated carbocycles. The molecule has 1 amide bonds. The van der Waals surface area contributed by atoms with Crippen molar-refractivity contribution >= 4 is 12.1 Å². The van der Waals surface area contributed by atoms with Crippen LogP contribution >= 0.6 is 0 Å². The summed E-state index contributed by atoms with van der Waals surface area (Å²) in [5.74, 6) is -1.17. The van der Waals surface area contributed by atoms with E-state index in [4.69, 9.17) is 4.74 Å². The SMILES string of the molecule is O=C(N[C@H](CCc1cnc[nH]1)C(=O)O)OCC1c2ccccc2-c2ccccc21. The number of ether oxygens (including phenoxy) is 1. The van der Waals surface area contributed by atoms with E-state index in [1.54, 1.807) is 6.20 Å². The second kappa shape index (κ2) is 8.18. The van der Waals surface area contributed by atoms with E-state index in [0.717, 1.165) is 27.9 Å². The molecule has 1 aliphatic rings. The highest BCUT2D eigenvalue weighted by Gasteiger charge is 2.29. The molecule has 3 N–H and O–H groups in total. The summed E-state index contributed by atoms with van der Waals surface area (Å²) in [7, 11) is 0. The smallest absolute Gasteiger partial charge is 0.407 e. The standard InChI is InChI=1S/C22H21N3O4/c26-21(27)20(10-9-14-11-23-13-24-14)25-22(28)29-12-19-17-7-3-1-5-15(17)16-6-2-4-8-18(16)19/h1-8,11,13,19-20H,9-10,12H2,(H,23,24)(H,25,28)(H,26,27)/t20-/m1/s1. The van der Waals surface area contributed by atoms with Crippen molar-refractivity contribution in [2.45, 2.75) is 24.8 Å². The van der Waals surface area contributed by atoms with Gasteiger partial charge in [0.1, 0.15) is 12.6 Å². The molecule has 7 nitrogen and oxygen atoms in total. The van der Waals surface area contributed by atoms with E-state index in [1.165, 1.54) is 6.33 Å². The van der Waals surface area contributed by atoms with Gasteiger partial charge in [-0.05, 0) is 35.1 Å². The fourth-order valence-electron chi connectivity index (χ4n) is 3.76. The Morgan fingerprint density at radius 2 is 1.76 bits per heavy atom.